The van der Waals surface area contributed by atoms with Crippen LogP contribution in [0.15, 0.2) is 54.6 Å². The molecule has 0 bridgehead atoms. The van der Waals surface area contributed by atoms with Crippen molar-refractivity contribution in [2.45, 2.75) is 25.1 Å². The van der Waals surface area contributed by atoms with Crippen molar-refractivity contribution in [3.63, 3.8) is 0 Å². The smallest absolute Gasteiger partial charge is 0.317 e. The summed E-state index contributed by atoms with van der Waals surface area (Å²) < 4.78 is 13.2. The van der Waals surface area contributed by atoms with Crippen LogP contribution in [-0.4, -0.2) is 53.2 Å². The van der Waals surface area contributed by atoms with Gasteiger partial charge in [0.05, 0.1) is 12.1 Å². The number of aliphatic hydroxyl groups is 1. The second-order valence-electron chi connectivity index (χ2n) is 7.32. The Balaban J connectivity index is 1.48. The maximum Gasteiger partial charge on any atom is 0.317 e. The van der Waals surface area contributed by atoms with Crippen molar-refractivity contribution in [3.05, 3.63) is 71.5 Å². The molecule has 2 amide bonds. The van der Waals surface area contributed by atoms with Gasteiger partial charge in [-0.05, 0) is 29.7 Å². The third kappa shape index (κ3) is 5.52. The van der Waals surface area contributed by atoms with E-state index >= 15 is 0 Å². The number of hydrogen-bond donors (Lipinski definition) is 2. The summed E-state index contributed by atoms with van der Waals surface area (Å²) in [6.45, 7) is 2.62. The van der Waals surface area contributed by atoms with Gasteiger partial charge in [0.15, 0.2) is 0 Å². The molecular weight excluding hydrogens is 345 g/mol. The Morgan fingerprint density at radius 1 is 1.22 bits per heavy atom. The zero-order valence-corrected chi connectivity index (χ0v) is 15.6. The zero-order valence-electron chi connectivity index (χ0n) is 15.6. The molecule has 1 fully saturated rings. The van der Waals surface area contributed by atoms with E-state index in [0.717, 1.165) is 13.1 Å². The Hall–Kier alpha value is -2.44. The van der Waals surface area contributed by atoms with Crippen molar-refractivity contribution in [2.24, 2.45) is 0 Å². The molecule has 0 radical (unpaired) electrons. The Labute approximate surface area is 159 Å². The molecule has 3 rings (SSSR count). The summed E-state index contributed by atoms with van der Waals surface area (Å²) in [5.41, 5.74) is 0.994. The molecule has 1 aliphatic heterocycles. The third-order valence-corrected chi connectivity index (χ3v) is 4.87. The number of likely N-dealkylation sites (tertiary alicyclic amines) is 1. The van der Waals surface area contributed by atoms with E-state index in [2.05, 4.69) is 22.3 Å². The molecule has 1 aliphatic rings. The predicted octanol–water partition coefficient (Wildman–Crippen LogP) is 2.60. The number of nitrogens with one attached hydrogen (secondary N) is 1. The number of β-amino-alcohol motifs (C(OH)–C–C–N with tert-alkyl or cyclic N) is 1. The van der Waals surface area contributed by atoms with Gasteiger partial charge in [-0.2, -0.15) is 0 Å². The monoisotopic (exact) mass is 371 g/mol. The van der Waals surface area contributed by atoms with E-state index in [1.165, 1.54) is 22.6 Å². The Morgan fingerprint density at radius 2 is 1.96 bits per heavy atom. The topological polar surface area (TPSA) is 55.8 Å². The number of halogens is 1. The van der Waals surface area contributed by atoms with Crippen LogP contribution >= 0.6 is 0 Å². The van der Waals surface area contributed by atoms with Crippen molar-refractivity contribution in [3.8, 4) is 0 Å². The van der Waals surface area contributed by atoms with Crippen molar-refractivity contribution in [1.29, 1.82) is 0 Å². The molecule has 0 saturated carbocycles. The van der Waals surface area contributed by atoms with E-state index < -0.39 is 5.60 Å². The molecule has 1 saturated heterocycles. The fraction of sp³-hybridized carbons (Fsp3) is 0.381. The number of amides is 2. The average Bonchev–Trinajstić information content (AvgIpc) is 3.00. The number of benzene rings is 2. The molecule has 1 atom stereocenters. The zero-order chi connectivity index (χ0) is 19.3. The Kier molecular flexibility index (Phi) is 6.08. The van der Waals surface area contributed by atoms with E-state index in [4.69, 9.17) is 0 Å². The van der Waals surface area contributed by atoms with Gasteiger partial charge in [-0.15, -0.1) is 0 Å². The van der Waals surface area contributed by atoms with Gasteiger partial charge in [0.2, 0.25) is 0 Å². The van der Waals surface area contributed by atoms with E-state index in [1.54, 1.807) is 19.2 Å². The summed E-state index contributed by atoms with van der Waals surface area (Å²) in [6.07, 6.45) is 0.626. The van der Waals surface area contributed by atoms with Gasteiger partial charge >= 0.3 is 6.03 Å². The Morgan fingerprint density at radius 3 is 2.70 bits per heavy atom. The summed E-state index contributed by atoms with van der Waals surface area (Å²) in [5.74, 6) is -0.325. The van der Waals surface area contributed by atoms with E-state index in [1.807, 2.05) is 18.2 Å². The number of carbonyl (C=O) groups is 1. The van der Waals surface area contributed by atoms with Crippen LogP contribution in [-0.2, 0) is 13.1 Å². The van der Waals surface area contributed by atoms with Gasteiger partial charge in [-0.25, -0.2) is 9.18 Å². The third-order valence-electron chi connectivity index (χ3n) is 4.87. The van der Waals surface area contributed by atoms with E-state index in [-0.39, 0.29) is 24.9 Å². The molecule has 0 spiro atoms. The lowest BCUT2D eigenvalue weighted by Crippen LogP contribution is -2.48. The van der Waals surface area contributed by atoms with Crippen LogP contribution in [0.4, 0.5) is 9.18 Å². The SMILES string of the molecule is CN(CC1(O)CCN(Cc2ccccc2)C1)C(=O)NCc1cccc(F)c1. The first kappa shape index (κ1) is 19.3. The number of nitrogens with zero attached hydrogens (tertiary/aromatic N) is 2. The number of likely N-dealkylation sites (N-methyl/N-ethyl adjacent to an activating group) is 1. The second kappa shape index (κ2) is 8.50. The molecule has 0 aromatic heterocycles. The molecule has 2 aromatic carbocycles. The van der Waals surface area contributed by atoms with Gasteiger partial charge < -0.3 is 15.3 Å². The van der Waals surface area contributed by atoms with Gasteiger partial charge in [-0.3, -0.25) is 4.90 Å². The van der Waals surface area contributed by atoms with Crippen LogP contribution in [0.5, 0.6) is 0 Å². The summed E-state index contributed by atoms with van der Waals surface area (Å²) in [6, 6.07) is 16.0. The predicted molar refractivity (Wildman–Crippen MR) is 103 cm³/mol. The lowest BCUT2D eigenvalue weighted by Gasteiger charge is -2.29. The molecule has 27 heavy (non-hydrogen) atoms. The molecule has 2 aromatic rings. The standard InChI is InChI=1S/C21H26FN3O2/c1-24(20(26)23-13-18-8-5-9-19(22)12-18)15-21(27)10-11-25(16-21)14-17-6-3-2-4-7-17/h2-9,12,27H,10-11,13-16H2,1H3,(H,23,26). The summed E-state index contributed by atoms with van der Waals surface area (Å²) in [5, 5.41) is 13.6. The minimum Gasteiger partial charge on any atom is -0.387 e. The summed E-state index contributed by atoms with van der Waals surface area (Å²) in [7, 11) is 1.67. The van der Waals surface area contributed by atoms with Gasteiger partial charge in [-0.1, -0.05) is 42.5 Å². The quantitative estimate of drug-likeness (QED) is 0.821. The highest BCUT2D eigenvalue weighted by Gasteiger charge is 2.37. The van der Waals surface area contributed by atoms with Crippen molar-refractivity contribution >= 4 is 6.03 Å². The molecule has 6 heteroatoms. The fourth-order valence-electron chi connectivity index (χ4n) is 3.52. The molecule has 1 heterocycles. The molecule has 1 unspecified atom stereocenters. The highest BCUT2D eigenvalue weighted by Crippen LogP contribution is 2.23. The van der Waals surface area contributed by atoms with Crippen LogP contribution in [0.3, 0.4) is 0 Å². The lowest BCUT2D eigenvalue weighted by molar-refractivity contribution is 0.0261. The van der Waals surface area contributed by atoms with Crippen LogP contribution < -0.4 is 5.32 Å². The maximum absolute atomic E-state index is 13.2. The molecular formula is C21H26FN3O2. The number of rotatable bonds is 6. The highest BCUT2D eigenvalue weighted by molar-refractivity contribution is 5.73. The molecule has 2 N–H and O–H groups in total. The minimum atomic E-state index is -0.917. The van der Waals surface area contributed by atoms with Crippen molar-refractivity contribution < 1.29 is 14.3 Å². The largest absolute Gasteiger partial charge is 0.387 e. The fourth-order valence-corrected chi connectivity index (χ4v) is 3.52. The number of urea groups is 1. The van der Waals surface area contributed by atoms with Crippen LogP contribution in [0.1, 0.15) is 17.5 Å². The first-order chi connectivity index (χ1) is 12.9. The lowest BCUT2D eigenvalue weighted by atomic mass is 10.0. The first-order valence-corrected chi connectivity index (χ1v) is 9.16. The van der Waals surface area contributed by atoms with Gasteiger partial charge in [0, 0.05) is 33.2 Å². The first-order valence-electron chi connectivity index (χ1n) is 9.16. The van der Waals surface area contributed by atoms with Crippen molar-refractivity contribution in [1.82, 2.24) is 15.1 Å². The normalized spacial score (nSPS) is 19.8. The summed E-state index contributed by atoms with van der Waals surface area (Å²) >= 11 is 0. The molecule has 144 valence electrons. The Bertz CT molecular complexity index is 771. The van der Waals surface area contributed by atoms with E-state index in [9.17, 15) is 14.3 Å². The van der Waals surface area contributed by atoms with Crippen LogP contribution in [0, 0.1) is 5.82 Å². The average molecular weight is 371 g/mol. The second-order valence-corrected chi connectivity index (χ2v) is 7.32. The maximum atomic E-state index is 13.2. The van der Waals surface area contributed by atoms with Gasteiger partial charge in [0.25, 0.3) is 0 Å². The minimum absolute atomic E-state index is 0.249. The molecule has 0 aliphatic carbocycles. The van der Waals surface area contributed by atoms with Crippen LogP contribution in [0.2, 0.25) is 0 Å². The number of hydrogen-bond acceptors (Lipinski definition) is 3. The summed E-state index contributed by atoms with van der Waals surface area (Å²) in [4.78, 5) is 16.0. The number of carbonyl (C=O) groups excluding carboxylic acids is 1. The van der Waals surface area contributed by atoms with E-state index in [0.29, 0.717) is 18.5 Å². The highest BCUT2D eigenvalue weighted by atomic mass is 19.1. The molecule has 5 nitrogen and oxygen atoms in total. The van der Waals surface area contributed by atoms with Gasteiger partial charge in [0.1, 0.15) is 5.82 Å². The van der Waals surface area contributed by atoms with Crippen molar-refractivity contribution in [2.75, 3.05) is 26.7 Å². The van der Waals surface area contributed by atoms with Crippen LogP contribution in [0.25, 0.3) is 0 Å².